The number of benzene rings is 2. The molecular weight excluding hydrogens is 356 g/mol. The number of non-ortho nitro benzene ring substituents is 1. The highest BCUT2D eigenvalue weighted by Crippen LogP contribution is 2.54. The van der Waals surface area contributed by atoms with Gasteiger partial charge in [0.1, 0.15) is 0 Å². The van der Waals surface area contributed by atoms with E-state index in [2.05, 4.69) is 30.9 Å². The molecule has 2 aromatic carbocycles. The highest BCUT2D eigenvalue weighted by molar-refractivity contribution is 5.71. The number of nitrogens with zero attached hydrogens (tertiary/aromatic N) is 2. The molecule has 2 aliphatic heterocycles. The van der Waals surface area contributed by atoms with Crippen LogP contribution in [0.25, 0.3) is 6.08 Å². The summed E-state index contributed by atoms with van der Waals surface area (Å²) in [5.74, 6) is 0.824. The van der Waals surface area contributed by atoms with Crippen LogP contribution in [0.3, 0.4) is 0 Å². The summed E-state index contributed by atoms with van der Waals surface area (Å²) >= 11 is 0. The fourth-order valence-electron chi connectivity index (χ4n) is 4.24. The Morgan fingerprint density at radius 3 is 2.61 bits per heavy atom. The molecule has 0 aliphatic carbocycles. The van der Waals surface area contributed by atoms with Gasteiger partial charge in [-0.1, -0.05) is 36.4 Å². The molecule has 0 radical (unpaired) electrons. The number of likely N-dealkylation sites (N-methyl/N-ethyl adjacent to an activating group) is 1. The van der Waals surface area contributed by atoms with Crippen molar-refractivity contribution in [2.75, 3.05) is 19.1 Å². The van der Waals surface area contributed by atoms with E-state index in [-0.39, 0.29) is 11.1 Å². The van der Waals surface area contributed by atoms with Crippen LogP contribution in [0.5, 0.6) is 11.5 Å². The molecule has 2 aromatic rings. The lowest BCUT2D eigenvalue weighted by atomic mass is 9.77. The van der Waals surface area contributed by atoms with Gasteiger partial charge in [-0.05, 0) is 31.6 Å². The molecule has 1 atom stereocenters. The topological polar surface area (TPSA) is 64.8 Å². The summed E-state index contributed by atoms with van der Waals surface area (Å²) in [5.41, 5.74) is 1.63. The van der Waals surface area contributed by atoms with Crippen molar-refractivity contribution in [3.63, 3.8) is 0 Å². The van der Waals surface area contributed by atoms with Crippen LogP contribution < -0.4 is 14.4 Å². The summed E-state index contributed by atoms with van der Waals surface area (Å²) in [6.45, 7) is 4.28. The Hall–Kier alpha value is -3.28. The van der Waals surface area contributed by atoms with Gasteiger partial charge in [-0.2, -0.15) is 0 Å². The molecule has 0 N–H and O–H groups in total. The molecule has 0 bridgehead atoms. The molecule has 0 amide bonds. The first-order chi connectivity index (χ1) is 13.3. The number of anilines is 1. The number of para-hydroxylation sites is 1. The van der Waals surface area contributed by atoms with Crippen LogP contribution in [0.2, 0.25) is 0 Å². The number of hydrogen-bond acceptors (Lipinski definition) is 5. The maximum absolute atomic E-state index is 11.3. The first-order valence-electron chi connectivity index (χ1n) is 9.06. The van der Waals surface area contributed by atoms with Gasteiger partial charge in [-0.15, -0.1) is 0 Å². The number of nitro benzene ring substituents is 1. The Kier molecular flexibility index (Phi) is 3.96. The molecule has 2 heterocycles. The number of allylic oxidation sites excluding steroid dienone is 2. The summed E-state index contributed by atoms with van der Waals surface area (Å²) in [7, 11) is 3.49. The number of nitro groups is 1. The van der Waals surface area contributed by atoms with Gasteiger partial charge in [0.2, 0.25) is 5.72 Å². The highest BCUT2D eigenvalue weighted by atomic mass is 16.6. The van der Waals surface area contributed by atoms with Crippen molar-refractivity contribution < 1.29 is 14.4 Å². The summed E-state index contributed by atoms with van der Waals surface area (Å²) in [6.07, 6.45) is 7.63. The normalized spacial score (nSPS) is 23.8. The second kappa shape index (κ2) is 6.12. The second-order valence-corrected chi connectivity index (χ2v) is 7.54. The molecule has 1 spiro atoms. The van der Waals surface area contributed by atoms with Crippen LogP contribution in [0.4, 0.5) is 11.4 Å². The van der Waals surface area contributed by atoms with Crippen molar-refractivity contribution in [2.45, 2.75) is 25.0 Å². The largest absolute Gasteiger partial charge is 0.493 e. The average Bonchev–Trinajstić information content (AvgIpc) is 2.82. The minimum atomic E-state index is -0.820. The van der Waals surface area contributed by atoms with Gasteiger partial charge < -0.3 is 14.4 Å². The zero-order chi connectivity index (χ0) is 20.1. The first kappa shape index (κ1) is 18.1. The lowest BCUT2D eigenvalue weighted by molar-refractivity contribution is -0.385. The summed E-state index contributed by atoms with van der Waals surface area (Å²) in [4.78, 5) is 13.0. The third-order valence-corrected chi connectivity index (χ3v) is 5.80. The summed E-state index contributed by atoms with van der Waals surface area (Å²) < 4.78 is 12.2. The smallest absolute Gasteiger partial charge is 0.274 e. The van der Waals surface area contributed by atoms with Crippen molar-refractivity contribution in [3.8, 4) is 11.5 Å². The zero-order valence-electron chi connectivity index (χ0n) is 16.3. The molecule has 6 nitrogen and oxygen atoms in total. The van der Waals surface area contributed by atoms with Crippen molar-refractivity contribution >= 4 is 17.5 Å². The number of hydrogen-bond donors (Lipinski definition) is 0. The van der Waals surface area contributed by atoms with Gasteiger partial charge in [0, 0.05) is 24.4 Å². The quantitative estimate of drug-likeness (QED) is 0.560. The summed E-state index contributed by atoms with van der Waals surface area (Å²) in [6, 6.07) is 11.1. The maximum Gasteiger partial charge on any atom is 0.274 e. The lowest BCUT2D eigenvalue weighted by Gasteiger charge is -2.44. The third kappa shape index (κ3) is 2.34. The lowest BCUT2D eigenvalue weighted by Crippen LogP contribution is -2.57. The van der Waals surface area contributed by atoms with E-state index in [1.165, 1.54) is 24.8 Å². The molecular formula is C22H22N2O4. The van der Waals surface area contributed by atoms with Gasteiger partial charge in [0.05, 0.1) is 23.5 Å². The van der Waals surface area contributed by atoms with Gasteiger partial charge in [0.15, 0.2) is 11.5 Å². The molecule has 144 valence electrons. The standard InChI is InChI=1S/C22H22N2O4/c1-21(2)17-10-5-6-11-18(17)23(3)22(21)12-8-7-9-15-13-16(24(25)26)14-19(27-4)20(15)28-22/h5-14H,1-4H3/b9-7-,12-8-. The molecule has 1 unspecified atom stereocenters. The Labute approximate surface area is 163 Å². The van der Waals surface area contributed by atoms with Crippen molar-refractivity contribution in [2.24, 2.45) is 0 Å². The van der Waals surface area contributed by atoms with Crippen LogP contribution in [0.1, 0.15) is 25.0 Å². The van der Waals surface area contributed by atoms with Gasteiger partial charge >= 0.3 is 0 Å². The van der Waals surface area contributed by atoms with Crippen molar-refractivity contribution in [1.29, 1.82) is 0 Å². The number of ether oxygens (including phenoxy) is 2. The van der Waals surface area contributed by atoms with Crippen LogP contribution in [-0.2, 0) is 5.41 Å². The highest BCUT2D eigenvalue weighted by Gasteiger charge is 2.57. The first-order valence-corrected chi connectivity index (χ1v) is 9.06. The summed E-state index contributed by atoms with van der Waals surface area (Å²) in [5, 5.41) is 11.3. The van der Waals surface area contributed by atoms with Gasteiger partial charge in [-0.3, -0.25) is 10.1 Å². The minimum Gasteiger partial charge on any atom is -0.493 e. The van der Waals surface area contributed by atoms with Crippen molar-refractivity contribution in [3.05, 3.63) is 75.9 Å². The molecule has 0 saturated carbocycles. The Balaban J connectivity index is 1.95. The fraction of sp³-hybridized carbons (Fsp3) is 0.273. The maximum atomic E-state index is 11.3. The molecule has 28 heavy (non-hydrogen) atoms. The molecule has 0 fully saturated rings. The minimum absolute atomic E-state index is 0.0372. The Bertz CT molecular complexity index is 1030. The van der Waals surface area contributed by atoms with Crippen LogP contribution in [0.15, 0.2) is 54.6 Å². The predicted octanol–water partition coefficient (Wildman–Crippen LogP) is 4.69. The van der Waals surface area contributed by atoms with E-state index in [1.807, 2.05) is 37.4 Å². The molecule has 4 rings (SSSR count). The molecule has 0 saturated heterocycles. The third-order valence-electron chi connectivity index (χ3n) is 5.80. The van der Waals surface area contributed by atoms with Gasteiger partial charge in [-0.25, -0.2) is 0 Å². The van der Waals surface area contributed by atoms with Crippen LogP contribution in [0, 0.1) is 10.1 Å². The Morgan fingerprint density at radius 2 is 1.93 bits per heavy atom. The van der Waals surface area contributed by atoms with Gasteiger partial charge in [0.25, 0.3) is 5.69 Å². The SMILES string of the molecule is COc1cc([N+](=O)[O-])cc2c1OC1(/C=C\C=C/2)N(C)c2ccccc2C1(C)C. The monoisotopic (exact) mass is 378 g/mol. The zero-order valence-corrected chi connectivity index (χ0v) is 16.3. The van der Waals surface area contributed by atoms with E-state index in [0.29, 0.717) is 17.1 Å². The van der Waals surface area contributed by atoms with Crippen molar-refractivity contribution in [1.82, 2.24) is 0 Å². The van der Waals surface area contributed by atoms with E-state index >= 15 is 0 Å². The number of methoxy groups -OCH3 is 1. The fourth-order valence-corrected chi connectivity index (χ4v) is 4.24. The van der Waals surface area contributed by atoms with E-state index in [9.17, 15) is 10.1 Å². The van der Waals surface area contributed by atoms with Crippen LogP contribution >= 0.6 is 0 Å². The molecule has 0 aromatic heterocycles. The Morgan fingerprint density at radius 1 is 1.18 bits per heavy atom. The van der Waals surface area contributed by atoms with Crippen LogP contribution in [-0.4, -0.2) is 24.8 Å². The number of rotatable bonds is 2. The molecule has 6 heteroatoms. The van der Waals surface area contributed by atoms with E-state index in [1.54, 1.807) is 6.08 Å². The van der Waals surface area contributed by atoms with E-state index in [0.717, 1.165) is 5.69 Å². The predicted molar refractivity (Wildman–Crippen MR) is 109 cm³/mol. The van der Waals surface area contributed by atoms with E-state index in [4.69, 9.17) is 9.47 Å². The molecule has 2 aliphatic rings. The average molecular weight is 378 g/mol. The second-order valence-electron chi connectivity index (χ2n) is 7.54. The number of fused-ring (bicyclic) bond motifs is 2. The van der Waals surface area contributed by atoms with E-state index < -0.39 is 10.6 Å².